The maximum absolute atomic E-state index is 5.72. The summed E-state index contributed by atoms with van der Waals surface area (Å²) >= 11 is 1.80. The number of aromatic nitrogens is 2. The zero-order chi connectivity index (χ0) is 17.2. The van der Waals surface area contributed by atoms with Crippen molar-refractivity contribution in [3.63, 3.8) is 0 Å². The summed E-state index contributed by atoms with van der Waals surface area (Å²) in [6, 6.07) is 5.90. The lowest BCUT2D eigenvalue weighted by Gasteiger charge is -2.13. The Labute approximate surface area is 151 Å². The average molecular weight is 355 g/mol. The summed E-state index contributed by atoms with van der Waals surface area (Å²) in [7, 11) is 0. The van der Waals surface area contributed by atoms with Crippen molar-refractivity contribution in [1.29, 1.82) is 0 Å². The zero-order valence-electron chi connectivity index (χ0n) is 14.5. The largest absolute Gasteiger partial charge is 0.490 e. The van der Waals surface area contributed by atoms with Crippen LogP contribution in [0.15, 0.2) is 24.5 Å². The molecule has 0 amide bonds. The molecule has 1 aliphatic rings. The maximum atomic E-state index is 5.72. The van der Waals surface area contributed by atoms with Crippen molar-refractivity contribution in [2.75, 3.05) is 18.5 Å². The molecule has 25 heavy (non-hydrogen) atoms. The van der Waals surface area contributed by atoms with Crippen LogP contribution in [-0.2, 0) is 12.8 Å². The minimum atomic E-state index is 0.597. The number of rotatable bonds is 6. The standard InChI is InChI=1S/C19H21N3O2S/c1-3-23-14-9-8-12(10-15(14)24-4-2)22-18-17-13-6-5-7-16(13)25-19(17)21-11-20-18/h8-11H,3-7H2,1-2H3,(H,20,21,22). The Morgan fingerprint density at radius 3 is 2.76 bits per heavy atom. The second-order valence-corrected chi connectivity index (χ2v) is 7.00. The van der Waals surface area contributed by atoms with Crippen LogP contribution in [0, 0.1) is 0 Å². The molecule has 0 spiro atoms. The van der Waals surface area contributed by atoms with Crippen LogP contribution in [0.25, 0.3) is 10.2 Å². The van der Waals surface area contributed by atoms with E-state index in [1.165, 1.54) is 22.2 Å². The molecule has 1 aliphatic carbocycles. The summed E-state index contributed by atoms with van der Waals surface area (Å²) < 4.78 is 11.4. The molecule has 0 aliphatic heterocycles. The third kappa shape index (κ3) is 3.02. The maximum Gasteiger partial charge on any atom is 0.163 e. The number of thiophene rings is 1. The second kappa shape index (κ2) is 6.88. The van der Waals surface area contributed by atoms with Gasteiger partial charge in [-0.05, 0) is 50.8 Å². The van der Waals surface area contributed by atoms with E-state index in [-0.39, 0.29) is 0 Å². The predicted molar refractivity (Wildman–Crippen MR) is 102 cm³/mol. The Morgan fingerprint density at radius 2 is 1.92 bits per heavy atom. The van der Waals surface area contributed by atoms with E-state index in [0.717, 1.165) is 40.7 Å². The highest BCUT2D eigenvalue weighted by atomic mass is 32.1. The van der Waals surface area contributed by atoms with E-state index in [9.17, 15) is 0 Å². The van der Waals surface area contributed by atoms with Crippen LogP contribution in [0.2, 0.25) is 0 Å². The van der Waals surface area contributed by atoms with Gasteiger partial charge in [0, 0.05) is 16.6 Å². The van der Waals surface area contributed by atoms with Crippen LogP contribution in [-0.4, -0.2) is 23.2 Å². The summed E-state index contributed by atoms with van der Waals surface area (Å²) in [5.41, 5.74) is 2.35. The van der Waals surface area contributed by atoms with Gasteiger partial charge in [-0.2, -0.15) is 0 Å². The molecular formula is C19H21N3O2S. The van der Waals surface area contributed by atoms with E-state index in [1.54, 1.807) is 17.7 Å². The highest BCUT2D eigenvalue weighted by molar-refractivity contribution is 7.19. The van der Waals surface area contributed by atoms with Crippen molar-refractivity contribution in [3.05, 3.63) is 35.0 Å². The fraction of sp³-hybridized carbons (Fsp3) is 0.368. The normalized spacial score (nSPS) is 13.0. The minimum absolute atomic E-state index is 0.597. The van der Waals surface area contributed by atoms with Crippen LogP contribution in [0.1, 0.15) is 30.7 Å². The highest BCUT2D eigenvalue weighted by Gasteiger charge is 2.21. The zero-order valence-corrected chi connectivity index (χ0v) is 15.3. The third-order valence-corrected chi connectivity index (χ3v) is 5.51. The topological polar surface area (TPSA) is 56.3 Å². The first-order valence-electron chi connectivity index (χ1n) is 8.72. The highest BCUT2D eigenvalue weighted by Crippen LogP contribution is 2.40. The fourth-order valence-electron chi connectivity index (χ4n) is 3.29. The summed E-state index contributed by atoms with van der Waals surface area (Å²) in [5.74, 6) is 2.38. The summed E-state index contributed by atoms with van der Waals surface area (Å²) in [6.07, 6.45) is 5.13. The molecule has 5 nitrogen and oxygen atoms in total. The fourth-order valence-corrected chi connectivity index (χ4v) is 4.52. The number of nitrogens with one attached hydrogen (secondary N) is 1. The molecule has 6 heteroatoms. The van der Waals surface area contributed by atoms with E-state index in [1.807, 2.05) is 32.0 Å². The van der Waals surface area contributed by atoms with Crippen molar-refractivity contribution in [1.82, 2.24) is 9.97 Å². The average Bonchev–Trinajstić information content (AvgIpc) is 3.19. The number of aryl methyl sites for hydroxylation is 2. The second-order valence-electron chi connectivity index (χ2n) is 5.91. The molecule has 2 aromatic heterocycles. The SMILES string of the molecule is CCOc1ccc(Nc2ncnc3sc4c(c23)CCC4)cc1OCC. The first-order chi connectivity index (χ1) is 12.3. The summed E-state index contributed by atoms with van der Waals surface area (Å²) in [4.78, 5) is 11.5. The Balaban J connectivity index is 1.70. The van der Waals surface area contributed by atoms with Gasteiger partial charge in [0.25, 0.3) is 0 Å². The lowest BCUT2D eigenvalue weighted by Crippen LogP contribution is -2.00. The molecular weight excluding hydrogens is 334 g/mol. The first-order valence-corrected chi connectivity index (χ1v) is 9.53. The number of ether oxygens (including phenoxy) is 2. The molecule has 0 saturated carbocycles. The lowest BCUT2D eigenvalue weighted by molar-refractivity contribution is 0.288. The van der Waals surface area contributed by atoms with Crippen molar-refractivity contribution in [2.45, 2.75) is 33.1 Å². The molecule has 3 aromatic rings. The Kier molecular flexibility index (Phi) is 4.44. The number of anilines is 2. The van der Waals surface area contributed by atoms with Crippen LogP contribution in [0.5, 0.6) is 11.5 Å². The van der Waals surface area contributed by atoms with Crippen LogP contribution in [0.3, 0.4) is 0 Å². The Bertz CT molecular complexity index is 907. The molecule has 0 saturated heterocycles. The lowest BCUT2D eigenvalue weighted by atomic mass is 10.2. The van der Waals surface area contributed by atoms with Gasteiger partial charge in [0.15, 0.2) is 11.5 Å². The van der Waals surface area contributed by atoms with Gasteiger partial charge in [0.05, 0.1) is 18.6 Å². The smallest absolute Gasteiger partial charge is 0.163 e. The molecule has 1 aromatic carbocycles. The minimum Gasteiger partial charge on any atom is -0.490 e. The van der Waals surface area contributed by atoms with Gasteiger partial charge in [-0.15, -0.1) is 11.3 Å². The molecule has 0 radical (unpaired) electrons. The van der Waals surface area contributed by atoms with E-state index in [4.69, 9.17) is 9.47 Å². The van der Waals surface area contributed by atoms with Gasteiger partial charge in [-0.25, -0.2) is 9.97 Å². The van der Waals surface area contributed by atoms with E-state index in [0.29, 0.717) is 13.2 Å². The van der Waals surface area contributed by atoms with Crippen molar-refractivity contribution < 1.29 is 9.47 Å². The summed E-state index contributed by atoms with van der Waals surface area (Å²) in [5, 5.41) is 4.62. The molecule has 0 bridgehead atoms. The van der Waals surface area contributed by atoms with Crippen molar-refractivity contribution in [3.8, 4) is 11.5 Å². The molecule has 0 unspecified atom stereocenters. The number of nitrogens with zero attached hydrogens (tertiary/aromatic N) is 2. The van der Waals surface area contributed by atoms with Gasteiger partial charge < -0.3 is 14.8 Å². The number of fused-ring (bicyclic) bond motifs is 3. The van der Waals surface area contributed by atoms with Crippen LogP contribution in [0.4, 0.5) is 11.5 Å². The number of hydrogen-bond donors (Lipinski definition) is 1. The molecule has 0 atom stereocenters. The van der Waals surface area contributed by atoms with Gasteiger partial charge >= 0.3 is 0 Å². The number of hydrogen-bond acceptors (Lipinski definition) is 6. The Morgan fingerprint density at radius 1 is 1.08 bits per heavy atom. The molecule has 130 valence electrons. The molecule has 2 heterocycles. The third-order valence-electron chi connectivity index (χ3n) is 4.31. The van der Waals surface area contributed by atoms with E-state index >= 15 is 0 Å². The van der Waals surface area contributed by atoms with Crippen molar-refractivity contribution >= 4 is 33.1 Å². The molecule has 0 fully saturated rings. The van der Waals surface area contributed by atoms with Gasteiger partial charge in [-0.3, -0.25) is 0 Å². The molecule has 1 N–H and O–H groups in total. The summed E-state index contributed by atoms with van der Waals surface area (Å²) in [6.45, 7) is 5.15. The van der Waals surface area contributed by atoms with Crippen LogP contribution >= 0.6 is 11.3 Å². The molecule has 4 rings (SSSR count). The van der Waals surface area contributed by atoms with E-state index in [2.05, 4.69) is 15.3 Å². The Hall–Kier alpha value is -2.34. The van der Waals surface area contributed by atoms with Crippen LogP contribution < -0.4 is 14.8 Å². The number of benzene rings is 1. The van der Waals surface area contributed by atoms with Gasteiger partial charge in [0.1, 0.15) is 17.0 Å². The van der Waals surface area contributed by atoms with Gasteiger partial charge in [-0.1, -0.05) is 0 Å². The van der Waals surface area contributed by atoms with E-state index < -0.39 is 0 Å². The quantitative estimate of drug-likeness (QED) is 0.693. The first kappa shape index (κ1) is 16.1. The monoisotopic (exact) mass is 355 g/mol. The van der Waals surface area contributed by atoms with Crippen molar-refractivity contribution in [2.24, 2.45) is 0 Å². The van der Waals surface area contributed by atoms with Gasteiger partial charge in [0.2, 0.25) is 0 Å². The predicted octanol–water partition coefficient (Wildman–Crippen LogP) is 4.72.